The number of hydrogen-bond acceptors (Lipinski definition) is 6. The van der Waals surface area contributed by atoms with Crippen molar-refractivity contribution in [2.75, 3.05) is 24.9 Å². The van der Waals surface area contributed by atoms with Crippen LogP contribution in [0.1, 0.15) is 11.1 Å². The summed E-state index contributed by atoms with van der Waals surface area (Å²) in [5.74, 6) is 2.85. The highest BCUT2D eigenvalue weighted by molar-refractivity contribution is 6.31. The van der Waals surface area contributed by atoms with E-state index in [2.05, 4.69) is 20.6 Å². The molecule has 2 aromatic carbocycles. The third-order valence-electron chi connectivity index (χ3n) is 4.04. The van der Waals surface area contributed by atoms with E-state index in [1.165, 1.54) is 6.33 Å². The van der Waals surface area contributed by atoms with Crippen LogP contribution in [0.4, 0.5) is 17.3 Å². The number of aryl methyl sites for hydroxylation is 1. The highest BCUT2D eigenvalue weighted by atomic mass is 35.5. The van der Waals surface area contributed by atoms with E-state index in [1.54, 1.807) is 20.3 Å². The van der Waals surface area contributed by atoms with Crippen molar-refractivity contribution in [2.24, 2.45) is 0 Å². The molecular weight excluding hydrogens is 364 g/mol. The van der Waals surface area contributed by atoms with Crippen LogP contribution in [0.2, 0.25) is 5.02 Å². The van der Waals surface area contributed by atoms with E-state index in [-0.39, 0.29) is 0 Å². The molecule has 1 aromatic heterocycles. The average Bonchev–Trinajstić information content (AvgIpc) is 2.69. The van der Waals surface area contributed by atoms with Gasteiger partial charge in [0.05, 0.1) is 19.9 Å². The molecule has 0 fully saturated rings. The number of aromatic nitrogens is 2. The monoisotopic (exact) mass is 384 g/mol. The van der Waals surface area contributed by atoms with Gasteiger partial charge in [-0.1, -0.05) is 23.7 Å². The van der Waals surface area contributed by atoms with Gasteiger partial charge in [-0.2, -0.15) is 0 Å². The fourth-order valence-corrected chi connectivity index (χ4v) is 2.68. The first-order valence-corrected chi connectivity index (χ1v) is 8.77. The van der Waals surface area contributed by atoms with E-state index in [4.69, 9.17) is 21.1 Å². The number of rotatable bonds is 7. The van der Waals surface area contributed by atoms with Gasteiger partial charge >= 0.3 is 0 Å². The molecule has 0 aliphatic rings. The summed E-state index contributed by atoms with van der Waals surface area (Å²) in [4.78, 5) is 8.54. The van der Waals surface area contributed by atoms with Crippen molar-refractivity contribution in [3.63, 3.8) is 0 Å². The molecule has 0 atom stereocenters. The second-order valence-electron chi connectivity index (χ2n) is 5.92. The van der Waals surface area contributed by atoms with Gasteiger partial charge in [0.25, 0.3) is 0 Å². The molecule has 1 heterocycles. The van der Waals surface area contributed by atoms with Crippen LogP contribution in [-0.4, -0.2) is 24.2 Å². The molecule has 7 heteroatoms. The smallest absolute Gasteiger partial charge is 0.143 e. The quantitative estimate of drug-likeness (QED) is 0.609. The largest absolute Gasteiger partial charge is 0.497 e. The standard InChI is InChI=1S/C20H21ClN4O2/c1-13-8-17(18(27-3)9-16(13)21)25-20-10-19(23-12-24-20)22-11-14-4-6-15(26-2)7-5-14/h4-10,12H,11H2,1-3H3,(H2,22,23,24,25). The van der Waals surface area contributed by atoms with E-state index < -0.39 is 0 Å². The first kappa shape index (κ1) is 18.8. The van der Waals surface area contributed by atoms with Crippen LogP contribution in [0.5, 0.6) is 11.5 Å². The molecule has 0 amide bonds. The van der Waals surface area contributed by atoms with Gasteiger partial charge in [0.15, 0.2) is 0 Å². The molecule has 140 valence electrons. The summed E-state index contributed by atoms with van der Waals surface area (Å²) in [7, 11) is 3.26. The summed E-state index contributed by atoms with van der Waals surface area (Å²) < 4.78 is 10.6. The summed E-state index contributed by atoms with van der Waals surface area (Å²) in [6.07, 6.45) is 1.51. The van der Waals surface area contributed by atoms with Crippen molar-refractivity contribution in [3.05, 3.63) is 64.9 Å². The van der Waals surface area contributed by atoms with E-state index in [9.17, 15) is 0 Å². The second kappa shape index (κ2) is 8.60. The number of anilines is 3. The normalized spacial score (nSPS) is 10.4. The highest BCUT2D eigenvalue weighted by Gasteiger charge is 2.08. The van der Waals surface area contributed by atoms with Crippen LogP contribution in [0, 0.1) is 6.92 Å². The summed E-state index contributed by atoms with van der Waals surface area (Å²) >= 11 is 6.16. The molecule has 3 rings (SSSR count). The second-order valence-corrected chi connectivity index (χ2v) is 6.32. The Bertz CT molecular complexity index is 916. The molecule has 6 nitrogen and oxygen atoms in total. The molecule has 0 unspecified atom stereocenters. The van der Waals surface area contributed by atoms with Crippen LogP contribution in [-0.2, 0) is 6.54 Å². The Kier molecular flexibility index (Phi) is 5.98. The zero-order valence-corrected chi connectivity index (χ0v) is 16.2. The van der Waals surface area contributed by atoms with Gasteiger partial charge in [0.2, 0.25) is 0 Å². The predicted molar refractivity (Wildman–Crippen MR) is 108 cm³/mol. The third kappa shape index (κ3) is 4.80. The van der Waals surface area contributed by atoms with Crippen LogP contribution < -0.4 is 20.1 Å². The molecule has 0 aliphatic carbocycles. The zero-order valence-electron chi connectivity index (χ0n) is 15.4. The summed E-state index contributed by atoms with van der Waals surface area (Å²) in [5.41, 5.74) is 2.87. The topological polar surface area (TPSA) is 68.3 Å². The number of hydrogen-bond donors (Lipinski definition) is 2. The minimum Gasteiger partial charge on any atom is -0.497 e. The molecule has 27 heavy (non-hydrogen) atoms. The van der Waals surface area contributed by atoms with Crippen molar-refractivity contribution in [1.82, 2.24) is 9.97 Å². The van der Waals surface area contributed by atoms with Crippen molar-refractivity contribution < 1.29 is 9.47 Å². The van der Waals surface area contributed by atoms with Crippen molar-refractivity contribution in [1.29, 1.82) is 0 Å². The number of halogens is 1. The van der Waals surface area contributed by atoms with Crippen LogP contribution in [0.3, 0.4) is 0 Å². The number of ether oxygens (including phenoxy) is 2. The van der Waals surface area contributed by atoms with Crippen molar-refractivity contribution in [3.8, 4) is 11.5 Å². The van der Waals surface area contributed by atoms with E-state index in [0.717, 1.165) is 22.6 Å². The maximum atomic E-state index is 6.16. The Hall–Kier alpha value is -2.99. The Morgan fingerprint density at radius 3 is 2.41 bits per heavy atom. The Balaban J connectivity index is 1.71. The van der Waals surface area contributed by atoms with Gasteiger partial charge in [-0.15, -0.1) is 0 Å². The Morgan fingerprint density at radius 2 is 1.70 bits per heavy atom. The first-order chi connectivity index (χ1) is 13.1. The van der Waals surface area contributed by atoms with Gasteiger partial charge in [0, 0.05) is 23.7 Å². The molecule has 2 N–H and O–H groups in total. The Labute approximate surface area is 163 Å². The molecule has 3 aromatic rings. The average molecular weight is 385 g/mol. The zero-order chi connectivity index (χ0) is 19.2. The first-order valence-electron chi connectivity index (χ1n) is 8.39. The molecule has 0 saturated carbocycles. The molecule has 0 bridgehead atoms. The fraction of sp³-hybridized carbons (Fsp3) is 0.200. The van der Waals surface area contributed by atoms with E-state index in [0.29, 0.717) is 29.0 Å². The predicted octanol–water partition coefficient (Wildman–Crippen LogP) is 4.81. The molecule has 0 radical (unpaired) electrons. The number of nitrogens with zero attached hydrogens (tertiary/aromatic N) is 2. The fourth-order valence-electron chi connectivity index (χ4n) is 2.53. The minimum atomic E-state index is 0.643. The lowest BCUT2D eigenvalue weighted by Gasteiger charge is -2.13. The third-order valence-corrected chi connectivity index (χ3v) is 4.45. The van der Waals surface area contributed by atoms with E-state index in [1.807, 2.05) is 43.3 Å². The van der Waals surface area contributed by atoms with Gasteiger partial charge < -0.3 is 20.1 Å². The van der Waals surface area contributed by atoms with Crippen molar-refractivity contribution in [2.45, 2.75) is 13.5 Å². The molecular formula is C20H21ClN4O2. The van der Waals surface area contributed by atoms with Crippen LogP contribution in [0.15, 0.2) is 48.8 Å². The number of methoxy groups -OCH3 is 2. The van der Waals surface area contributed by atoms with Crippen molar-refractivity contribution >= 4 is 28.9 Å². The Morgan fingerprint density at radius 1 is 0.963 bits per heavy atom. The lowest BCUT2D eigenvalue weighted by atomic mass is 10.2. The summed E-state index contributed by atoms with van der Waals surface area (Å²) in [6.45, 7) is 2.58. The summed E-state index contributed by atoms with van der Waals surface area (Å²) in [6, 6.07) is 13.4. The van der Waals surface area contributed by atoms with Crippen LogP contribution >= 0.6 is 11.6 Å². The maximum Gasteiger partial charge on any atom is 0.143 e. The lowest BCUT2D eigenvalue weighted by Crippen LogP contribution is -2.03. The van der Waals surface area contributed by atoms with E-state index >= 15 is 0 Å². The molecule has 0 saturated heterocycles. The summed E-state index contributed by atoms with van der Waals surface area (Å²) in [5, 5.41) is 7.20. The molecule has 0 aliphatic heterocycles. The van der Waals surface area contributed by atoms with Gasteiger partial charge in [-0.05, 0) is 36.2 Å². The number of benzene rings is 2. The maximum absolute atomic E-state index is 6.16. The number of nitrogens with one attached hydrogen (secondary N) is 2. The van der Waals surface area contributed by atoms with Gasteiger partial charge in [0.1, 0.15) is 29.5 Å². The van der Waals surface area contributed by atoms with Gasteiger partial charge in [-0.3, -0.25) is 0 Å². The van der Waals surface area contributed by atoms with Gasteiger partial charge in [-0.25, -0.2) is 9.97 Å². The molecule has 0 spiro atoms. The highest BCUT2D eigenvalue weighted by Crippen LogP contribution is 2.32. The minimum absolute atomic E-state index is 0.643. The lowest BCUT2D eigenvalue weighted by molar-refractivity contribution is 0.414. The SMILES string of the molecule is COc1ccc(CNc2cc(Nc3cc(C)c(Cl)cc3OC)ncn2)cc1. The van der Waals surface area contributed by atoms with Crippen LogP contribution in [0.25, 0.3) is 0 Å².